The summed E-state index contributed by atoms with van der Waals surface area (Å²) in [6.45, 7) is 0.257. The number of hydrogen-bond acceptors (Lipinski definition) is 6. The van der Waals surface area contributed by atoms with Gasteiger partial charge in [0.05, 0.1) is 21.1 Å². The summed E-state index contributed by atoms with van der Waals surface area (Å²) in [5, 5.41) is 12.0. The first-order valence-corrected chi connectivity index (χ1v) is 9.06. The highest BCUT2D eigenvalue weighted by molar-refractivity contribution is 8.26. The summed E-state index contributed by atoms with van der Waals surface area (Å²) in [5.41, 5.74) is 1.28. The quantitative estimate of drug-likeness (QED) is 0.576. The molecule has 1 saturated heterocycles. The van der Waals surface area contributed by atoms with Crippen molar-refractivity contribution in [1.29, 1.82) is 0 Å². The van der Waals surface area contributed by atoms with Crippen molar-refractivity contribution in [2.75, 3.05) is 6.54 Å². The summed E-state index contributed by atoms with van der Waals surface area (Å²) in [4.78, 5) is 29.3. The largest absolute Gasteiger partial charge is 0.550 e. The zero-order valence-corrected chi connectivity index (χ0v) is 15.3. The Balaban J connectivity index is 1.82. The standard InChI is InChI=1S/C17H13ClN2O3S2/c18-12-4-1-3-10-6-7-11(19-15(10)12)9-13-16(23)20(17(24)25-13)8-2-5-14(21)22/h1,3-4,6-7,9H,2,5,8H2,(H,21,22)/p-1/b13-9-. The maximum absolute atomic E-state index is 12.5. The zero-order valence-electron chi connectivity index (χ0n) is 12.9. The molecule has 3 rings (SSSR count). The number of carboxylic acid groups (broad SMARTS) is 1. The molecular formula is C17H12ClN2O3S2-. The summed E-state index contributed by atoms with van der Waals surface area (Å²) in [5.74, 6) is -1.38. The zero-order chi connectivity index (χ0) is 18.0. The third-order valence-corrected chi connectivity index (χ3v) is 5.29. The number of aromatic nitrogens is 1. The first-order valence-electron chi connectivity index (χ1n) is 7.46. The lowest BCUT2D eigenvalue weighted by molar-refractivity contribution is -0.305. The maximum atomic E-state index is 12.5. The number of halogens is 1. The second-order valence-electron chi connectivity index (χ2n) is 5.36. The molecule has 25 heavy (non-hydrogen) atoms. The van der Waals surface area contributed by atoms with Crippen molar-refractivity contribution >= 4 is 68.8 Å². The van der Waals surface area contributed by atoms with E-state index in [0.717, 1.165) is 5.39 Å². The summed E-state index contributed by atoms with van der Waals surface area (Å²) in [7, 11) is 0. The van der Waals surface area contributed by atoms with Gasteiger partial charge >= 0.3 is 0 Å². The van der Waals surface area contributed by atoms with Gasteiger partial charge in [0.25, 0.3) is 5.91 Å². The van der Waals surface area contributed by atoms with Gasteiger partial charge in [-0.05, 0) is 31.1 Å². The molecule has 2 aromatic rings. The van der Waals surface area contributed by atoms with Crippen molar-refractivity contribution in [3.63, 3.8) is 0 Å². The molecule has 1 aliphatic heterocycles. The van der Waals surface area contributed by atoms with E-state index >= 15 is 0 Å². The number of hydrogen-bond donors (Lipinski definition) is 0. The van der Waals surface area contributed by atoms with Gasteiger partial charge in [0, 0.05) is 17.9 Å². The van der Waals surface area contributed by atoms with E-state index in [2.05, 4.69) is 4.98 Å². The Hall–Kier alpha value is -1.96. The molecule has 0 aliphatic carbocycles. The van der Waals surface area contributed by atoms with Gasteiger partial charge in [-0.2, -0.15) is 0 Å². The van der Waals surface area contributed by atoms with Crippen molar-refractivity contribution < 1.29 is 14.7 Å². The van der Waals surface area contributed by atoms with Crippen LogP contribution in [0.25, 0.3) is 17.0 Å². The van der Waals surface area contributed by atoms with Gasteiger partial charge in [-0.15, -0.1) is 0 Å². The van der Waals surface area contributed by atoms with E-state index < -0.39 is 5.97 Å². The number of thioether (sulfide) groups is 1. The number of aliphatic carboxylic acids is 1. The Morgan fingerprint density at radius 3 is 2.92 bits per heavy atom. The van der Waals surface area contributed by atoms with Gasteiger partial charge in [-0.25, -0.2) is 4.98 Å². The van der Waals surface area contributed by atoms with Crippen molar-refractivity contribution in [1.82, 2.24) is 9.88 Å². The number of pyridine rings is 1. The molecule has 0 N–H and O–H groups in total. The van der Waals surface area contributed by atoms with Crippen molar-refractivity contribution in [2.24, 2.45) is 0 Å². The number of fused-ring (bicyclic) bond motifs is 1. The molecule has 0 bridgehead atoms. The summed E-state index contributed by atoms with van der Waals surface area (Å²) >= 11 is 12.6. The lowest BCUT2D eigenvalue weighted by Crippen LogP contribution is -2.30. The van der Waals surface area contributed by atoms with Crippen molar-refractivity contribution in [2.45, 2.75) is 12.8 Å². The van der Waals surface area contributed by atoms with E-state index in [1.165, 1.54) is 16.7 Å². The normalized spacial score (nSPS) is 16.2. The van der Waals surface area contributed by atoms with Gasteiger partial charge in [0.2, 0.25) is 0 Å². The molecule has 1 aromatic heterocycles. The molecule has 1 amide bonds. The van der Waals surface area contributed by atoms with Crippen LogP contribution in [0.4, 0.5) is 0 Å². The van der Waals surface area contributed by atoms with Crippen LogP contribution < -0.4 is 5.11 Å². The summed E-state index contributed by atoms with van der Waals surface area (Å²) in [6.07, 6.45) is 1.85. The van der Waals surface area contributed by atoms with E-state index in [4.69, 9.17) is 23.8 Å². The molecule has 2 heterocycles. The fourth-order valence-corrected chi connectivity index (χ4v) is 3.93. The summed E-state index contributed by atoms with van der Waals surface area (Å²) in [6, 6.07) is 9.22. The Bertz CT molecular complexity index is 914. The average Bonchev–Trinajstić information content (AvgIpc) is 2.83. The lowest BCUT2D eigenvalue weighted by Gasteiger charge is -2.14. The van der Waals surface area contributed by atoms with Gasteiger partial charge in [0.1, 0.15) is 4.32 Å². The fraction of sp³-hybridized carbons (Fsp3) is 0.176. The third-order valence-electron chi connectivity index (χ3n) is 3.61. The molecule has 0 atom stereocenters. The molecule has 1 fully saturated rings. The van der Waals surface area contributed by atoms with Crippen LogP contribution in [0.3, 0.4) is 0 Å². The monoisotopic (exact) mass is 391 g/mol. The minimum atomic E-state index is -1.14. The second-order valence-corrected chi connectivity index (χ2v) is 7.44. The van der Waals surface area contributed by atoms with Crippen LogP contribution >= 0.6 is 35.6 Å². The number of carboxylic acids is 1. The predicted octanol–water partition coefficient (Wildman–Crippen LogP) is 2.62. The van der Waals surface area contributed by atoms with E-state index in [1.807, 2.05) is 18.2 Å². The molecule has 0 radical (unpaired) electrons. The molecule has 0 unspecified atom stereocenters. The number of thiocarbonyl (C=S) groups is 1. The molecule has 1 aromatic carbocycles. The van der Waals surface area contributed by atoms with Crippen molar-refractivity contribution in [3.05, 3.63) is 46.0 Å². The number of benzene rings is 1. The fourth-order valence-electron chi connectivity index (χ4n) is 2.41. The maximum Gasteiger partial charge on any atom is 0.266 e. The minimum Gasteiger partial charge on any atom is -0.550 e. The molecule has 1 aliphatic rings. The van der Waals surface area contributed by atoms with Crippen LogP contribution in [-0.4, -0.2) is 32.6 Å². The van der Waals surface area contributed by atoms with E-state index in [9.17, 15) is 14.7 Å². The minimum absolute atomic E-state index is 0.110. The Labute approximate surface area is 158 Å². The molecule has 0 spiro atoms. The van der Waals surface area contributed by atoms with Gasteiger partial charge in [-0.3, -0.25) is 9.69 Å². The number of carbonyl (C=O) groups is 2. The highest BCUT2D eigenvalue weighted by Gasteiger charge is 2.31. The van der Waals surface area contributed by atoms with E-state index in [1.54, 1.807) is 18.2 Å². The first-order chi connectivity index (χ1) is 12.0. The predicted molar refractivity (Wildman–Crippen MR) is 101 cm³/mol. The van der Waals surface area contributed by atoms with Gasteiger partial charge in [0.15, 0.2) is 0 Å². The lowest BCUT2D eigenvalue weighted by atomic mass is 10.2. The number of rotatable bonds is 5. The van der Waals surface area contributed by atoms with Crippen LogP contribution in [0.5, 0.6) is 0 Å². The molecular weight excluding hydrogens is 380 g/mol. The molecule has 8 heteroatoms. The van der Waals surface area contributed by atoms with E-state index in [0.29, 0.717) is 31.9 Å². The van der Waals surface area contributed by atoms with Crippen LogP contribution in [0.2, 0.25) is 5.02 Å². The Morgan fingerprint density at radius 2 is 2.16 bits per heavy atom. The number of para-hydroxylation sites is 1. The van der Waals surface area contributed by atoms with Crippen molar-refractivity contribution in [3.8, 4) is 0 Å². The number of amides is 1. The van der Waals surface area contributed by atoms with Gasteiger partial charge < -0.3 is 9.90 Å². The average molecular weight is 392 g/mol. The smallest absolute Gasteiger partial charge is 0.266 e. The SMILES string of the molecule is O=C([O-])CCCN1C(=O)/C(=C/c2ccc3cccc(Cl)c3n2)SC1=S. The highest BCUT2D eigenvalue weighted by Crippen LogP contribution is 2.33. The molecule has 0 saturated carbocycles. The number of carbonyl (C=O) groups excluding carboxylic acids is 2. The Kier molecular flexibility index (Phi) is 5.36. The topological polar surface area (TPSA) is 73.3 Å². The highest BCUT2D eigenvalue weighted by atomic mass is 35.5. The van der Waals surface area contributed by atoms with Crippen LogP contribution in [0.1, 0.15) is 18.5 Å². The first kappa shape index (κ1) is 17.8. The third kappa shape index (κ3) is 4.00. The second kappa shape index (κ2) is 7.51. The number of nitrogens with zero attached hydrogens (tertiary/aromatic N) is 2. The summed E-state index contributed by atoms with van der Waals surface area (Å²) < 4.78 is 0.411. The van der Waals surface area contributed by atoms with Crippen LogP contribution in [0, 0.1) is 0 Å². The Morgan fingerprint density at radius 1 is 1.36 bits per heavy atom. The molecule has 128 valence electrons. The van der Waals surface area contributed by atoms with E-state index in [-0.39, 0.29) is 18.9 Å². The molecule has 5 nitrogen and oxygen atoms in total. The van der Waals surface area contributed by atoms with Crippen LogP contribution in [-0.2, 0) is 9.59 Å². The van der Waals surface area contributed by atoms with Crippen LogP contribution in [0.15, 0.2) is 35.2 Å². The van der Waals surface area contributed by atoms with Gasteiger partial charge in [-0.1, -0.05) is 53.8 Å².